The van der Waals surface area contributed by atoms with Crippen LogP contribution in [0, 0.1) is 19.7 Å². The summed E-state index contributed by atoms with van der Waals surface area (Å²) in [5.41, 5.74) is 3.23. The Balaban J connectivity index is 1.79. The smallest absolute Gasteiger partial charge is 0.270 e. The number of benzene rings is 2. The van der Waals surface area contributed by atoms with Gasteiger partial charge >= 0.3 is 0 Å². The van der Waals surface area contributed by atoms with Crippen LogP contribution in [0.3, 0.4) is 0 Å². The Morgan fingerprint density at radius 1 is 0.967 bits per heavy atom. The summed E-state index contributed by atoms with van der Waals surface area (Å²) in [6.45, 7) is 3.83. The van der Waals surface area contributed by atoms with Crippen LogP contribution in [0.2, 0.25) is 0 Å². The zero-order valence-electron chi connectivity index (χ0n) is 16.3. The summed E-state index contributed by atoms with van der Waals surface area (Å²) in [5.74, 6) is -1.53. The summed E-state index contributed by atoms with van der Waals surface area (Å²) < 4.78 is 15.9. The molecular formula is C23H18FN3O2S. The van der Waals surface area contributed by atoms with Crippen LogP contribution in [0.5, 0.6) is 0 Å². The third kappa shape index (κ3) is 3.33. The highest BCUT2D eigenvalue weighted by atomic mass is 32.1. The minimum Gasteiger partial charge on any atom is -0.314 e. The van der Waals surface area contributed by atoms with E-state index in [4.69, 9.17) is 12.2 Å². The van der Waals surface area contributed by atoms with Gasteiger partial charge in [-0.3, -0.25) is 19.8 Å². The second-order valence-corrected chi connectivity index (χ2v) is 7.32. The maximum atomic E-state index is 14.3. The second kappa shape index (κ2) is 7.68. The normalized spacial score (nSPS) is 15.6. The third-order valence-electron chi connectivity index (χ3n) is 5.10. The summed E-state index contributed by atoms with van der Waals surface area (Å²) >= 11 is 5.28. The number of amides is 2. The Labute approximate surface area is 178 Å². The molecule has 0 radical (unpaired) electrons. The molecule has 0 atom stereocenters. The molecule has 150 valence electrons. The van der Waals surface area contributed by atoms with Gasteiger partial charge in [-0.15, -0.1) is 0 Å². The van der Waals surface area contributed by atoms with Gasteiger partial charge in [0.1, 0.15) is 11.4 Å². The molecule has 1 N–H and O–H groups in total. The molecule has 0 spiro atoms. The van der Waals surface area contributed by atoms with Crippen molar-refractivity contribution in [2.45, 2.75) is 13.8 Å². The van der Waals surface area contributed by atoms with Gasteiger partial charge < -0.3 is 4.57 Å². The summed E-state index contributed by atoms with van der Waals surface area (Å²) in [7, 11) is 0. The maximum absolute atomic E-state index is 14.3. The molecule has 7 heteroatoms. The van der Waals surface area contributed by atoms with Gasteiger partial charge in [-0.2, -0.15) is 0 Å². The van der Waals surface area contributed by atoms with Gasteiger partial charge in [0.25, 0.3) is 11.8 Å². The quantitative estimate of drug-likeness (QED) is 0.396. The maximum Gasteiger partial charge on any atom is 0.270 e. The molecule has 0 aliphatic carbocycles. The standard InChI is InChI=1S/C23H18FN3O2S/c1-14-7-5-11-19(15(14)2)27-22(29)17(21(28)25-23(27)30)13-16-8-6-12-26(16)20-10-4-3-9-18(20)24/h3-13H,1-2H3,(H,25,28,30)/b17-13+. The lowest BCUT2D eigenvalue weighted by atomic mass is 10.0. The lowest BCUT2D eigenvalue weighted by molar-refractivity contribution is -0.122. The molecule has 1 fully saturated rings. The topological polar surface area (TPSA) is 54.3 Å². The van der Waals surface area contributed by atoms with Crippen molar-refractivity contribution in [1.82, 2.24) is 9.88 Å². The number of anilines is 1. The van der Waals surface area contributed by atoms with E-state index in [2.05, 4.69) is 5.32 Å². The molecule has 2 aromatic carbocycles. The molecule has 5 nitrogen and oxygen atoms in total. The van der Waals surface area contributed by atoms with Crippen LogP contribution in [0.25, 0.3) is 11.8 Å². The minimum absolute atomic E-state index is 0.0281. The predicted octanol–water partition coefficient (Wildman–Crippen LogP) is 4.06. The van der Waals surface area contributed by atoms with Gasteiger partial charge in [0.15, 0.2) is 5.11 Å². The van der Waals surface area contributed by atoms with Gasteiger partial charge in [-0.1, -0.05) is 24.3 Å². The number of hydrogen-bond acceptors (Lipinski definition) is 3. The van der Waals surface area contributed by atoms with Crippen molar-refractivity contribution >= 4 is 40.9 Å². The molecule has 2 heterocycles. The van der Waals surface area contributed by atoms with E-state index in [1.807, 2.05) is 26.0 Å². The Morgan fingerprint density at radius 2 is 1.70 bits per heavy atom. The van der Waals surface area contributed by atoms with E-state index < -0.39 is 17.6 Å². The SMILES string of the molecule is Cc1cccc(N2C(=O)/C(=C/c3cccn3-c3ccccc3F)C(=O)NC2=S)c1C. The van der Waals surface area contributed by atoms with Crippen LogP contribution in [0.15, 0.2) is 66.4 Å². The third-order valence-corrected chi connectivity index (χ3v) is 5.39. The van der Waals surface area contributed by atoms with E-state index in [1.165, 1.54) is 17.0 Å². The van der Waals surface area contributed by atoms with Crippen LogP contribution in [-0.4, -0.2) is 21.5 Å². The van der Waals surface area contributed by atoms with E-state index in [9.17, 15) is 14.0 Å². The number of nitrogens with one attached hydrogen (secondary N) is 1. The number of hydrogen-bond donors (Lipinski definition) is 1. The molecule has 1 aromatic heterocycles. The minimum atomic E-state index is -0.590. The Hall–Kier alpha value is -3.58. The highest BCUT2D eigenvalue weighted by molar-refractivity contribution is 7.80. The van der Waals surface area contributed by atoms with Gasteiger partial charge in [0.05, 0.1) is 11.4 Å². The van der Waals surface area contributed by atoms with E-state index in [0.29, 0.717) is 17.1 Å². The monoisotopic (exact) mass is 419 g/mol. The molecule has 1 aliphatic rings. The van der Waals surface area contributed by atoms with Crippen LogP contribution < -0.4 is 10.2 Å². The van der Waals surface area contributed by atoms with E-state index in [0.717, 1.165) is 11.1 Å². The molecule has 0 saturated carbocycles. The first-order chi connectivity index (χ1) is 14.4. The fourth-order valence-corrected chi connectivity index (χ4v) is 3.65. The fraction of sp³-hybridized carbons (Fsp3) is 0.0870. The predicted molar refractivity (Wildman–Crippen MR) is 118 cm³/mol. The molecule has 30 heavy (non-hydrogen) atoms. The Morgan fingerprint density at radius 3 is 2.47 bits per heavy atom. The van der Waals surface area contributed by atoms with E-state index >= 15 is 0 Å². The summed E-state index contributed by atoms with van der Waals surface area (Å²) in [6.07, 6.45) is 3.12. The molecule has 1 aliphatic heterocycles. The number of rotatable bonds is 3. The number of nitrogens with zero attached hydrogens (tertiary/aromatic N) is 2. The summed E-state index contributed by atoms with van der Waals surface area (Å²) in [6, 6.07) is 15.3. The highest BCUT2D eigenvalue weighted by Gasteiger charge is 2.35. The van der Waals surface area contributed by atoms with Crippen molar-refractivity contribution in [3.8, 4) is 5.69 Å². The first kappa shape index (κ1) is 19.7. The average Bonchev–Trinajstić information content (AvgIpc) is 3.16. The lowest BCUT2D eigenvalue weighted by Gasteiger charge is -2.30. The Bertz CT molecular complexity index is 1230. The number of thiocarbonyl (C=S) groups is 1. The number of carbonyl (C=O) groups is 2. The van der Waals surface area contributed by atoms with Crippen molar-refractivity contribution in [3.05, 3.63) is 89.0 Å². The summed E-state index contributed by atoms with van der Waals surface area (Å²) in [4.78, 5) is 27.2. The number of aryl methyl sites for hydroxylation is 1. The molecule has 0 bridgehead atoms. The van der Waals surface area contributed by atoms with Crippen molar-refractivity contribution in [1.29, 1.82) is 0 Å². The number of aromatic nitrogens is 1. The highest BCUT2D eigenvalue weighted by Crippen LogP contribution is 2.27. The molecule has 1 saturated heterocycles. The van der Waals surface area contributed by atoms with Crippen molar-refractivity contribution in [2.24, 2.45) is 0 Å². The number of carbonyl (C=O) groups excluding carboxylic acids is 2. The van der Waals surface area contributed by atoms with Crippen LogP contribution in [0.1, 0.15) is 16.8 Å². The fourth-order valence-electron chi connectivity index (χ4n) is 3.38. The molecule has 0 unspecified atom stereocenters. The molecule has 2 amide bonds. The number of para-hydroxylation sites is 1. The second-order valence-electron chi connectivity index (χ2n) is 6.93. The van der Waals surface area contributed by atoms with Crippen molar-refractivity contribution in [2.75, 3.05) is 4.90 Å². The van der Waals surface area contributed by atoms with Crippen LogP contribution >= 0.6 is 12.2 Å². The molecular weight excluding hydrogens is 401 g/mol. The Kier molecular flexibility index (Phi) is 5.05. The lowest BCUT2D eigenvalue weighted by Crippen LogP contribution is -2.54. The molecule has 3 aromatic rings. The van der Waals surface area contributed by atoms with Gasteiger partial charge in [-0.25, -0.2) is 4.39 Å². The number of halogens is 1. The zero-order valence-corrected chi connectivity index (χ0v) is 17.2. The first-order valence-electron chi connectivity index (χ1n) is 9.28. The van der Waals surface area contributed by atoms with Crippen molar-refractivity contribution < 1.29 is 14.0 Å². The van der Waals surface area contributed by atoms with Gasteiger partial charge in [-0.05, 0) is 73.6 Å². The van der Waals surface area contributed by atoms with Crippen LogP contribution in [0.4, 0.5) is 10.1 Å². The van der Waals surface area contributed by atoms with Crippen molar-refractivity contribution in [3.63, 3.8) is 0 Å². The van der Waals surface area contributed by atoms with Crippen LogP contribution in [-0.2, 0) is 9.59 Å². The first-order valence-corrected chi connectivity index (χ1v) is 9.69. The van der Waals surface area contributed by atoms with E-state index in [1.54, 1.807) is 47.2 Å². The average molecular weight is 419 g/mol. The summed E-state index contributed by atoms with van der Waals surface area (Å²) in [5, 5.41) is 2.61. The van der Waals surface area contributed by atoms with Gasteiger partial charge in [0, 0.05) is 11.9 Å². The van der Waals surface area contributed by atoms with E-state index in [-0.39, 0.29) is 10.7 Å². The van der Waals surface area contributed by atoms with Gasteiger partial charge in [0.2, 0.25) is 0 Å². The largest absolute Gasteiger partial charge is 0.314 e. The zero-order chi connectivity index (χ0) is 21.4. The molecule has 4 rings (SSSR count).